The van der Waals surface area contributed by atoms with Crippen LogP contribution < -0.4 is 10.1 Å². The molecular weight excluding hydrogens is 442 g/mol. The summed E-state index contributed by atoms with van der Waals surface area (Å²) in [6, 6.07) is 14.5. The SMILES string of the molecule is CC(C)(C)C1CCC2c3c([nH]c4ccccc34)C3C(=O)N(c4ccccc4[NH+]([O-])O)C(=O)C3C2C1. The molecule has 0 bridgehead atoms. The maximum atomic E-state index is 14.1. The molecule has 1 aromatic heterocycles. The van der Waals surface area contributed by atoms with Crippen LogP contribution in [0, 0.1) is 28.4 Å². The molecule has 2 amide bonds. The molecule has 1 saturated carbocycles. The van der Waals surface area contributed by atoms with Crippen LogP contribution in [0.25, 0.3) is 10.9 Å². The first-order valence-electron chi connectivity index (χ1n) is 12.5. The van der Waals surface area contributed by atoms with Crippen molar-refractivity contribution in [2.24, 2.45) is 23.2 Å². The number of quaternary nitrogens is 1. The molecule has 7 nitrogen and oxygen atoms in total. The molecule has 1 saturated heterocycles. The molecule has 35 heavy (non-hydrogen) atoms. The smallest absolute Gasteiger partial charge is 0.243 e. The summed E-state index contributed by atoms with van der Waals surface area (Å²) in [6.45, 7) is 6.77. The van der Waals surface area contributed by atoms with E-state index >= 15 is 0 Å². The molecule has 0 spiro atoms. The number of carbonyl (C=O) groups is 2. The fourth-order valence-corrected chi connectivity index (χ4v) is 7.09. The highest BCUT2D eigenvalue weighted by Gasteiger charge is 2.60. The molecular formula is C28H31N3O4. The van der Waals surface area contributed by atoms with Crippen molar-refractivity contribution in [2.45, 2.75) is 51.9 Å². The number of para-hydroxylation sites is 3. The van der Waals surface area contributed by atoms with E-state index in [2.05, 4.69) is 31.8 Å². The van der Waals surface area contributed by atoms with Gasteiger partial charge in [-0.1, -0.05) is 51.1 Å². The number of anilines is 1. The highest BCUT2D eigenvalue weighted by Crippen LogP contribution is 2.60. The predicted molar refractivity (Wildman–Crippen MR) is 132 cm³/mol. The topological polar surface area (TPSA) is 101 Å². The third-order valence-corrected chi connectivity index (χ3v) is 8.77. The van der Waals surface area contributed by atoms with Gasteiger partial charge in [0.1, 0.15) is 5.69 Å². The molecule has 6 atom stereocenters. The van der Waals surface area contributed by atoms with Crippen molar-refractivity contribution in [3.05, 3.63) is 65.0 Å². The maximum Gasteiger partial charge on any atom is 0.243 e. The number of nitrogens with one attached hydrogen (secondary N) is 2. The Morgan fingerprint density at radius 3 is 2.49 bits per heavy atom. The van der Waals surface area contributed by atoms with Gasteiger partial charge in [0.15, 0.2) is 5.69 Å². The predicted octanol–water partition coefficient (Wildman–Crippen LogP) is 4.40. The lowest BCUT2D eigenvalue weighted by atomic mass is 9.56. The van der Waals surface area contributed by atoms with Crippen LogP contribution in [0.5, 0.6) is 0 Å². The van der Waals surface area contributed by atoms with E-state index in [0.29, 0.717) is 5.92 Å². The molecule has 1 aliphatic heterocycles. The van der Waals surface area contributed by atoms with Crippen molar-refractivity contribution in [3.8, 4) is 0 Å². The van der Waals surface area contributed by atoms with Crippen LogP contribution in [0.3, 0.4) is 0 Å². The van der Waals surface area contributed by atoms with E-state index in [1.807, 2.05) is 18.2 Å². The van der Waals surface area contributed by atoms with Gasteiger partial charge in [0, 0.05) is 22.7 Å². The van der Waals surface area contributed by atoms with Crippen LogP contribution in [0.15, 0.2) is 48.5 Å². The summed E-state index contributed by atoms with van der Waals surface area (Å²) in [5.41, 5.74) is 3.27. The van der Waals surface area contributed by atoms with Gasteiger partial charge in [-0.25, -0.2) is 10.1 Å². The van der Waals surface area contributed by atoms with Crippen molar-refractivity contribution in [3.63, 3.8) is 0 Å². The Labute approximate surface area is 204 Å². The summed E-state index contributed by atoms with van der Waals surface area (Å²) in [7, 11) is 0. The van der Waals surface area contributed by atoms with Crippen LogP contribution in [-0.4, -0.2) is 22.0 Å². The molecule has 3 N–H and O–H groups in total. The number of carbonyl (C=O) groups excluding carboxylic acids is 2. The standard InChI is InChI=1S/C28H31N3O4/c1-28(2,3)15-12-13-16-18(14-15)23-24(25-22(16)17-8-4-5-9-19(17)29-25)27(33)30(26(23)32)20-10-6-7-11-21(20)31(34)35/h4-11,15-16,18,23-24,29,31,34H,12-14H2,1-3H3. The number of hydrogen-bond donors (Lipinski definition) is 3. The third-order valence-electron chi connectivity index (χ3n) is 8.77. The Kier molecular flexibility index (Phi) is 4.97. The second-order valence-corrected chi connectivity index (χ2v) is 11.5. The zero-order valence-corrected chi connectivity index (χ0v) is 20.2. The zero-order valence-electron chi connectivity index (χ0n) is 20.2. The highest BCUT2D eigenvalue weighted by atomic mass is 16.8. The monoisotopic (exact) mass is 473 g/mol. The minimum absolute atomic E-state index is 0.0301. The van der Waals surface area contributed by atoms with E-state index in [1.54, 1.807) is 18.2 Å². The molecule has 6 unspecified atom stereocenters. The van der Waals surface area contributed by atoms with Gasteiger partial charge in [0.05, 0.1) is 11.8 Å². The average Bonchev–Trinajstić information content (AvgIpc) is 3.33. The minimum Gasteiger partial charge on any atom is -0.595 e. The van der Waals surface area contributed by atoms with E-state index in [-0.39, 0.29) is 40.4 Å². The van der Waals surface area contributed by atoms with Crippen LogP contribution >= 0.6 is 0 Å². The molecule has 2 fully saturated rings. The van der Waals surface area contributed by atoms with E-state index in [9.17, 15) is 20.0 Å². The Balaban J connectivity index is 1.54. The lowest BCUT2D eigenvalue weighted by Crippen LogP contribution is -2.99. The van der Waals surface area contributed by atoms with Crippen molar-refractivity contribution in [2.75, 3.05) is 4.90 Å². The number of hydrogen-bond acceptors (Lipinski definition) is 4. The van der Waals surface area contributed by atoms with Gasteiger partial charge in [-0.15, -0.1) is 0 Å². The largest absolute Gasteiger partial charge is 0.595 e. The number of benzene rings is 2. The average molecular weight is 474 g/mol. The van der Waals surface area contributed by atoms with E-state index in [4.69, 9.17) is 0 Å². The summed E-state index contributed by atoms with van der Waals surface area (Å²) in [4.78, 5) is 32.7. The van der Waals surface area contributed by atoms with Crippen molar-refractivity contribution >= 4 is 34.1 Å². The summed E-state index contributed by atoms with van der Waals surface area (Å²) in [5.74, 6) is -0.984. The van der Waals surface area contributed by atoms with Crippen molar-refractivity contribution in [1.29, 1.82) is 0 Å². The van der Waals surface area contributed by atoms with Crippen LogP contribution in [-0.2, 0) is 9.59 Å². The Hall–Kier alpha value is -3.00. The first-order chi connectivity index (χ1) is 16.7. The number of aromatic nitrogens is 1. The molecule has 182 valence electrons. The number of rotatable bonds is 2. The molecule has 3 aromatic rings. The summed E-state index contributed by atoms with van der Waals surface area (Å²) >= 11 is 0. The quantitative estimate of drug-likeness (QED) is 0.379. The Morgan fingerprint density at radius 1 is 1.03 bits per heavy atom. The second kappa shape index (κ2) is 7.75. The first-order valence-corrected chi connectivity index (χ1v) is 12.5. The van der Waals surface area contributed by atoms with Crippen molar-refractivity contribution < 1.29 is 20.0 Å². The van der Waals surface area contributed by atoms with Gasteiger partial charge in [-0.3, -0.25) is 9.59 Å². The summed E-state index contributed by atoms with van der Waals surface area (Å²) in [5, 5.41) is 21.7. The number of fused-ring (bicyclic) bond motifs is 8. The Morgan fingerprint density at radius 2 is 1.74 bits per heavy atom. The van der Waals surface area contributed by atoms with Gasteiger partial charge in [-0.05, 0) is 60.1 Å². The molecule has 7 heteroatoms. The van der Waals surface area contributed by atoms with E-state index in [0.717, 1.165) is 40.8 Å². The maximum absolute atomic E-state index is 14.1. The lowest BCUT2D eigenvalue weighted by Gasteiger charge is -2.47. The molecule has 2 heterocycles. The highest BCUT2D eigenvalue weighted by molar-refractivity contribution is 6.25. The fraction of sp³-hybridized carbons (Fsp3) is 0.429. The van der Waals surface area contributed by atoms with Gasteiger partial charge < -0.3 is 10.2 Å². The fourth-order valence-electron chi connectivity index (χ4n) is 7.09. The van der Waals surface area contributed by atoms with Crippen LogP contribution in [0.2, 0.25) is 0 Å². The van der Waals surface area contributed by atoms with Gasteiger partial charge >= 0.3 is 0 Å². The molecule has 6 rings (SSSR count). The first kappa shape index (κ1) is 22.5. The van der Waals surface area contributed by atoms with Crippen LogP contribution in [0.1, 0.15) is 63.1 Å². The van der Waals surface area contributed by atoms with E-state index in [1.165, 1.54) is 11.6 Å². The van der Waals surface area contributed by atoms with Gasteiger partial charge in [0.25, 0.3) is 0 Å². The number of amides is 2. The lowest BCUT2D eigenvalue weighted by molar-refractivity contribution is -0.990. The Bertz CT molecular complexity index is 1340. The normalized spacial score (nSPS) is 29.2. The molecule has 2 aromatic carbocycles. The van der Waals surface area contributed by atoms with Crippen molar-refractivity contribution in [1.82, 2.24) is 4.98 Å². The number of nitrogens with zero attached hydrogens (tertiary/aromatic N) is 1. The van der Waals surface area contributed by atoms with Gasteiger partial charge in [0.2, 0.25) is 11.8 Å². The minimum atomic E-state index is -1.15. The second-order valence-electron chi connectivity index (χ2n) is 11.5. The molecule has 3 aliphatic rings. The van der Waals surface area contributed by atoms with Gasteiger partial charge in [-0.2, -0.15) is 5.23 Å². The number of aromatic amines is 1. The zero-order chi connectivity index (χ0) is 24.6. The summed E-state index contributed by atoms with van der Waals surface area (Å²) in [6.07, 6.45) is 2.97. The van der Waals surface area contributed by atoms with Crippen LogP contribution in [0.4, 0.5) is 11.4 Å². The molecule has 2 aliphatic carbocycles. The van der Waals surface area contributed by atoms with E-state index < -0.39 is 17.1 Å². The summed E-state index contributed by atoms with van der Waals surface area (Å²) < 4.78 is 0. The molecule has 0 radical (unpaired) electrons. The number of H-pyrrole nitrogens is 1. The number of imide groups is 1. The third kappa shape index (κ3) is 3.22.